The number of carbonyl (C=O) groups excluding carboxylic acids is 1. The highest BCUT2D eigenvalue weighted by Crippen LogP contribution is 2.40. The molecule has 7 heteroatoms. The first kappa shape index (κ1) is 18.9. The van der Waals surface area contributed by atoms with E-state index in [4.69, 9.17) is 21.7 Å². The van der Waals surface area contributed by atoms with Crippen molar-refractivity contribution in [3.63, 3.8) is 0 Å². The molecule has 0 atom stereocenters. The third kappa shape index (κ3) is 3.65. The molecule has 0 aliphatic carbocycles. The Morgan fingerprint density at radius 2 is 1.96 bits per heavy atom. The minimum Gasteiger partial charge on any atom is -0.493 e. The Hall–Kier alpha value is -1.83. The molecular weight excluding hydrogens is 434 g/mol. The number of anilines is 1. The van der Waals surface area contributed by atoms with Gasteiger partial charge in [-0.15, -0.1) is 0 Å². The van der Waals surface area contributed by atoms with Gasteiger partial charge in [0.1, 0.15) is 0 Å². The van der Waals surface area contributed by atoms with Crippen LogP contribution in [0.5, 0.6) is 11.5 Å². The molecule has 1 fully saturated rings. The number of nitrogens with zero attached hydrogens (tertiary/aromatic N) is 1. The topological polar surface area (TPSA) is 38.8 Å². The lowest BCUT2D eigenvalue weighted by Gasteiger charge is -2.14. The second-order valence-electron chi connectivity index (χ2n) is 5.59. The number of methoxy groups -OCH3 is 2. The molecule has 1 saturated heterocycles. The molecular formula is C19H16BrNO3S2. The zero-order valence-corrected chi connectivity index (χ0v) is 17.6. The number of thiocarbonyl (C=S) groups is 1. The molecule has 4 nitrogen and oxygen atoms in total. The van der Waals surface area contributed by atoms with Crippen molar-refractivity contribution in [3.8, 4) is 11.5 Å². The van der Waals surface area contributed by atoms with Gasteiger partial charge in [-0.05, 0) is 64.3 Å². The number of amides is 1. The van der Waals surface area contributed by atoms with E-state index < -0.39 is 0 Å². The van der Waals surface area contributed by atoms with Crippen molar-refractivity contribution in [3.05, 3.63) is 56.9 Å². The lowest BCUT2D eigenvalue weighted by atomic mass is 10.1. The standard InChI is InChI=1S/C19H16BrNO3S2/c1-11-5-4-6-13(7-11)21-18(22)16(26-19(21)25)10-12-8-14(20)17(24-3)15(9-12)23-2/h4-10H,1-3H3/b16-10-. The highest BCUT2D eigenvalue weighted by molar-refractivity contribution is 9.10. The summed E-state index contributed by atoms with van der Waals surface area (Å²) < 4.78 is 12.0. The predicted molar refractivity (Wildman–Crippen MR) is 114 cm³/mol. The monoisotopic (exact) mass is 449 g/mol. The summed E-state index contributed by atoms with van der Waals surface area (Å²) >= 11 is 10.2. The molecule has 0 saturated carbocycles. The maximum absolute atomic E-state index is 12.9. The Morgan fingerprint density at radius 3 is 2.62 bits per heavy atom. The minimum absolute atomic E-state index is 0.128. The molecule has 0 aromatic heterocycles. The van der Waals surface area contributed by atoms with Gasteiger partial charge < -0.3 is 9.47 Å². The van der Waals surface area contributed by atoms with E-state index >= 15 is 0 Å². The third-order valence-corrected chi connectivity index (χ3v) is 5.70. The molecule has 1 heterocycles. The second-order valence-corrected chi connectivity index (χ2v) is 8.12. The van der Waals surface area contributed by atoms with Crippen LogP contribution < -0.4 is 14.4 Å². The first-order valence-corrected chi connectivity index (χ1v) is 9.72. The molecule has 3 rings (SSSR count). The van der Waals surface area contributed by atoms with Crippen LogP contribution in [0.4, 0.5) is 5.69 Å². The number of benzene rings is 2. The molecule has 0 spiro atoms. The van der Waals surface area contributed by atoms with Crippen LogP contribution in [0.3, 0.4) is 0 Å². The van der Waals surface area contributed by atoms with Crippen molar-refractivity contribution in [1.82, 2.24) is 0 Å². The molecule has 26 heavy (non-hydrogen) atoms. The molecule has 0 N–H and O–H groups in total. The van der Waals surface area contributed by atoms with E-state index in [9.17, 15) is 4.79 Å². The molecule has 1 aliphatic heterocycles. The summed E-state index contributed by atoms with van der Waals surface area (Å²) in [4.78, 5) is 15.0. The van der Waals surface area contributed by atoms with E-state index in [0.29, 0.717) is 20.7 Å². The fourth-order valence-corrected chi connectivity index (χ4v) is 4.55. The molecule has 2 aromatic rings. The largest absolute Gasteiger partial charge is 0.493 e. The maximum atomic E-state index is 12.9. The Bertz CT molecular complexity index is 927. The lowest BCUT2D eigenvalue weighted by Crippen LogP contribution is -2.27. The number of rotatable bonds is 4. The fourth-order valence-electron chi connectivity index (χ4n) is 2.63. The fraction of sp³-hybridized carbons (Fsp3) is 0.158. The van der Waals surface area contributed by atoms with Crippen LogP contribution in [-0.4, -0.2) is 24.4 Å². The lowest BCUT2D eigenvalue weighted by molar-refractivity contribution is -0.113. The van der Waals surface area contributed by atoms with Gasteiger partial charge in [0.05, 0.1) is 29.3 Å². The SMILES string of the molecule is COc1cc(/C=C2\SC(=S)N(c3cccc(C)c3)C2=O)cc(Br)c1OC. The molecule has 1 amide bonds. The number of halogens is 1. The normalized spacial score (nSPS) is 15.7. The minimum atomic E-state index is -0.128. The van der Waals surface area contributed by atoms with Gasteiger partial charge in [0.2, 0.25) is 0 Å². The van der Waals surface area contributed by atoms with Crippen LogP contribution in [0.2, 0.25) is 0 Å². The zero-order valence-electron chi connectivity index (χ0n) is 14.4. The van der Waals surface area contributed by atoms with E-state index in [2.05, 4.69) is 15.9 Å². The van der Waals surface area contributed by atoms with E-state index in [1.165, 1.54) is 11.8 Å². The Balaban J connectivity index is 1.97. The van der Waals surface area contributed by atoms with Crippen molar-refractivity contribution < 1.29 is 14.3 Å². The second kappa shape index (κ2) is 7.82. The van der Waals surface area contributed by atoms with Gasteiger partial charge in [-0.1, -0.05) is 36.1 Å². The summed E-state index contributed by atoms with van der Waals surface area (Å²) in [5.74, 6) is 1.07. The van der Waals surface area contributed by atoms with Gasteiger partial charge in [-0.3, -0.25) is 9.69 Å². The number of hydrogen-bond acceptors (Lipinski definition) is 5. The van der Waals surface area contributed by atoms with E-state index in [0.717, 1.165) is 21.3 Å². The van der Waals surface area contributed by atoms with Gasteiger partial charge in [0, 0.05) is 0 Å². The van der Waals surface area contributed by atoms with Crippen LogP contribution in [-0.2, 0) is 4.79 Å². The summed E-state index contributed by atoms with van der Waals surface area (Å²) in [6, 6.07) is 11.4. The van der Waals surface area contributed by atoms with Gasteiger partial charge in [-0.2, -0.15) is 0 Å². The summed E-state index contributed by atoms with van der Waals surface area (Å²) in [6.45, 7) is 1.98. The molecule has 1 aliphatic rings. The van der Waals surface area contributed by atoms with Crippen molar-refractivity contribution in [1.29, 1.82) is 0 Å². The highest BCUT2D eigenvalue weighted by atomic mass is 79.9. The summed E-state index contributed by atoms with van der Waals surface area (Å²) in [5, 5.41) is 0. The quantitative estimate of drug-likeness (QED) is 0.474. The molecule has 2 aromatic carbocycles. The molecule has 134 valence electrons. The van der Waals surface area contributed by atoms with Gasteiger partial charge >= 0.3 is 0 Å². The van der Waals surface area contributed by atoms with Crippen molar-refractivity contribution in [2.45, 2.75) is 6.92 Å². The third-order valence-electron chi connectivity index (χ3n) is 3.81. The van der Waals surface area contributed by atoms with E-state index in [-0.39, 0.29) is 5.91 Å². The number of hydrogen-bond donors (Lipinski definition) is 0. The Kier molecular flexibility index (Phi) is 5.70. The van der Waals surface area contributed by atoms with Gasteiger partial charge in [0.15, 0.2) is 15.8 Å². The first-order valence-electron chi connectivity index (χ1n) is 7.70. The number of carbonyl (C=O) groups is 1. The van der Waals surface area contributed by atoms with Crippen LogP contribution in [0.1, 0.15) is 11.1 Å². The number of thioether (sulfide) groups is 1. The number of aryl methyl sites for hydroxylation is 1. The smallest absolute Gasteiger partial charge is 0.270 e. The van der Waals surface area contributed by atoms with Crippen LogP contribution in [0.25, 0.3) is 6.08 Å². The van der Waals surface area contributed by atoms with E-state index in [1.807, 2.05) is 49.4 Å². The molecule has 0 bridgehead atoms. The molecule has 0 radical (unpaired) electrons. The summed E-state index contributed by atoms with van der Waals surface area (Å²) in [6.07, 6.45) is 1.81. The Labute approximate surface area is 170 Å². The Morgan fingerprint density at radius 1 is 1.19 bits per heavy atom. The summed E-state index contributed by atoms with van der Waals surface area (Å²) in [7, 11) is 3.15. The zero-order chi connectivity index (χ0) is 18.8. The first-order chi connectivity index (χ1) is 12.4. The van der Waals surface area contributed by atoms with Crippen molar-refractivity contribution in [2.24, 2.45) is 0 Å². The predicted octanol–water partition coefficient (Wildman–Crippen LogP) is 5.18. The maximum Gasteiger partial charge on any atom is 0.270 e. The average Bonchev–Trinajstić information content (AvgIpc) is 2.88. The van der Waals surface area contributed by atoms with Gasteiger partial charge in [0.25, 0.3) is 5.91 Å². The van der Waals surface area contributed by atoms with Crippen molar-refractivity contribution in [2.75, 3.05) is 19.1 Å². The van der Waals surface area contributed by atoms with E-state index in [1.54, 1.807) is 19.1 Å². The van der Waals surface area contributed by atoms with Crippen LogP contribution in [0.15, 0.2) is 45.8 Å². The average molecular weight is 450 g/mol. The van der Waals surface area contributed by atoms with Gasteiger partial charge in [-0.25, -0.2) is 0 Å². The van der Waals surface area contributed by atoms with Crippen LogP contribution >= 0.6 is 39.9 Å². The highest BCUT2D eigenvalue weighted by Gasteiger charge is 2.33. The molecule has 0 unspecified atom stereocenters. The van der Waals surface area contributed by atoms with Crippen LogP contribution in [0, 0.1) is 6.92 Å². The van der Waals surface area contributed by atoms with Crippen molar-refractivity contribution >= 4 is 61.9 Å². The number of ether oxygens (including phenoxy) is 2. The summed E-state index contributed by atoms with van der Waals surface area (Å²) in [5.41, 5.74) is 2.67.